The molecule has 0 aromatic rings. The molecule has 2 heterocycles. The van der Waals surface area contributed by atoms with Gasteiger partial charge in [-0.3, -0.25) is 0 Å². The largest absolute Gasteiger partial charge is 0.351 e. The number of amides is 2. The highest BCUT2D eigenvalue weighted by atomic mass is 16.2. The van der Waals surface area contributed by atoms with Crippen molar-refractivity contribution in [3.05, 3.63) is 0 Å². The summed E-state index contributed by atoms with van der Waals surface area (Å²) in [4.78, 5) is 12.5. The SMILES string of the molecule is NC(=O)N1CCC2NN=CC2C1. The highest BCUT2D eigenvalue weighted by molar-refractivity contribution is 5.73. The summed E-state index contributed by atoms with van der Waals surface area (Å²) in [6.45, 7) is 1.45. The van der Waals surface area contributed by atoms with Crippen molar-refractivity contribution in [1.29, 1.82) is 0 Å². The van der Waals surface area contributed by atoms with Gasteiger partial charge in [0.1, 0.15) is 0 Å². The molecule has 2 unspecified atom stereocenters. The Hall–Kier alpha value is -1.26. The number of hydrogen-bond acceptors (Lipinski definition) is 3. The van der Waals surface area contributed by atoms with Crippen molar-refractivity contribution in [1.82, 2.24) is 10.3 Å². The third-order valence-electron chi connectivity index (χ3n) is 2.48. The summed E-state index contributed by atoms with van der Waals surface area (Å²) >= 11 is 0. The Morgan fingerprint density at radius 3 is 3.33 bits per heavy atom. The van der Waals surface area contributed by atoms with Crippen molar-refractivity contribution in [2.75, 3.05) is 13.1 Å². The van der Waals surface area contributed by atoms with Gasteiger partial charge >= 0.3 is 6.03 Å². The van der Waals surface area contributed by atoms with E-state index in [1.54, 1.807) is 4.90 Å². The first-order valence-electron chi connectivity index (χ1n) is 4.10. The van der Waals surface area contributed by atoms with Crippen LogP contribution in [0.2, 0.25) is 0 Å². The Morgan fingerprint density at radius 2 is 2.58 bits per heavy atom. The quantitative estimate of drug-likeness (QED) is 0.504. The number of piperidine rings is 1. The van der Waals surface area contributed by atoms with E-state index in [1.807, 2.05) is 6.21 Å². The number of hydrazone groups is 1. The molecule has 1 fully saturated rings. The Kier molecular flexibility index (Phi) is 1.64. The molecule has 2 rings (SSSR count). The van der Waals surface area contributed by atoms with Crippen molar-refractivity contribution >= 4 is 12.2 Å². The molecule has 0 aromatic carbocycles. The summed E-state index contributed by atoms with van der Waals surface area (Å²) in [7, 11) is 0. The third kappa shape index (κ3) is 1.11. The molecule has 12 heavy (non-hydrogen) atoms. The van der Waals surface area contributed by atoms with Crippen LogP contribution in [-0.2, 0) is 0 Å². The fourth-order valence-electron chi connectivity index (χ4n) is 1.73. The molecule has 66 valence electrons. The lowest BCUT2D eigenvalue weighted by Crippen LogP contribution is -2.49. The second-order valence-electron chi connectivity index (χ2n) is 3.25. The highest BCUT2D eigenvalue weighted by Crippen LogP contribution is 2.18. The lowest BCUT2D eigenvalue weighted by molar-refractivity contribution is 0.177. The Labute approximate surface area is 70.6 Å². The highest BCUT2D eigenvalue weighted by Gasteiger charge is 2.31. The van der Waals surface area contributed by atoms with E-state index in [1.165, 1.54) is 0 Å². The molecule has 0 radical (unpaired) electrons. The molecule has 0 saturated carbocycles. The lowest BCUT2D eigenvalue weighted by Gasteiger charge is -2.32. The van der Waals surface area contributed by atoms with Crippen LogP contribution in [0, 0.1) is 5.92 Å². The standard InChI is InChI=1S/C7H12N4O/c8-7(12)11-2-1-6-5(4-11)3-9-10-6/h3,5-6,10H,1-2,4H2,(H2,8,12). The molecule has 0 bridgehead atoms. The molecule has 3 N–H and O–H groups in total. The van der Waals surface area contributed by atoms with Crippen LogP contribution in [0.1, 0.15) is 6.42 Å². The molecule has 0 spiro atoms. The van der Waals surface area contributed by atoms with Gasteiger partial charge in [-0.1, -0.05) is 0 Å². The van der Waals surface area contributed by atoms with E-state index in [2.05, 4.69) is 10.5 Å². The minimum atomic E-state index is -0.325. The average molecular weight is 168 g/mol. The molecule has 2 atom stereocenters. The first kappa shape index (κ1) is 7.39. The molecular weight excluding hydrogens is 156 g/mol. The van der Waals surface area contributed by atoms with Gasteiger partial charge in [0.05, 0.1) is 6.04 Å². The van der Waals surface area contributed by atoms with Gasteiger partial charge in [-0.25, -0.2) is 4.79 Å². The average Bonchev–Trinajstić information content (AvgIpc) is 2.49. The predicted octanol–water partition coefficient (Wildman–Crippen LogP) is -0.655. The van der Waals surface area contributed by atoms with Crippen LogP contribution >= 0.6 is 0 Å². The maximum absolute atomic E-state index is 10.8. The topological polar surface area (TPSA) is 70.7 Å². The van der Waals surface area contributed by atoms with Gasteiger partial charge in [0.15, 0.2) is 0 Å². The monoisotopic (exact) mass is 168 g/mol. The van der Waals surface area contributed by atoms with Crippen molar-refractivity contribution < 1.29 is 4.79 Å². The van der Waals surface area contributed by atoms with Gasteiger partial charge in [-0.05, 0) is 6.42 Å². The van der Waals surface area contributed by atoms with Gasteiger partial charge in [0.2, 0.25) is 0 Å². The number of likely N-dealkylation sites (tertiary alicyclic amines) is 1. The summed E-state index contributed by atoms with van der Waals surface area (Å²) in [5.74, 6) is 0.353. The molecule has 0 aromatic heterocycles. The maximum atomic E-state index is 10.8. The third-order valence-corrected chi connectivity index (χ3v) is 2.48. The fraction of sp³-hybridized carbons (Fsp3) is 0.714. The van der Waals surface area contributed by atoms with E-state index in [-0.39, 0.29) is 6.03 Å². The van der Waals surface area contributed by atoms with Crippen LogP contribution in [0.25, 0.3) is 0 Å². The number of nitrogens with two attached hydrogens (primary N) is 1. The molecule has 1 saturated heterocycles. The maximum Gasteiger partial charge on any atom is 0.314 e. The number of hydrogen-bond donors (Lipinski definition) is 2. The minimum absolute atomic E-state index is 0.325. The van der Waals surface area contributed by atoms with Crippen LogP contribution in [-0.4, -0.2) is 36.3 Å². The van der Waals surface area contributed by atoms with Crippen LogP contribution in [0.4, 0.5) is 4.79 Å². The summed E-state index contributed by atoms with van der Waals surface area (Å²) in [6, 6.07) is 0.0920. The van der Waals surface area contributed by atoms with Crippen molar-refractivity contribution in [3.63, 3.8) is 0 Å². The number of urea groups is 1. The first-order valence-corrected chi connectivity index (χ1v) is 4.10. The second-order valence-corrected chi connectivity index (χ2v) is 3.25. The zero-order valence-corrected chi connectivity index (χ0v) is 6.73. The molecular formula is C7H12N4O. The molecule has 2 aliphatic rings. The molecule has 0 aliphatic carbocycles. The number of fused-ring (bicyclic) bond motifs is 1. The van der Waals surface area contributed by atoms with Crippen molar-refractivity contribution in [2.45, 2.75) is 12.5 Å². The van der Waals surface area contributed by atoms with Gasteiger partial charge in [-0.15, -0.1) is 0 Å². The van der Waals surface area contributed by atoms with E-state index in [0.29, 0.717) is 18.5 Å². The summed E-state index contributed by atoms with van der Waals surface area (Å²) in [5, 5.41) is 3.97. The number of primary amides is 1. The first-order chi connectivity index (χ1) is 5.77. The summed E-state index contributed by atoms with van der Waals surface area (Å²) in [6.07, 6.45) is 2.80. The zero-order valence-electron chi connectivity index (χ0n) is 6.73. The Bertz CT molecular complexity index is 227. The normalized spacial score (nSPS) is 32.8. The van der Waals surface area contributed by atoms with Crippen LogP contribution in [0.15, 0.2) is 5.10 Å². The van der Waals surface area contributed by atoms with Crippen molar-refractivity contribution in [3.8, 4) is 0 Å². The molecule has 5 heteroatoms. The van der Waals surface area contributed by atoms with E-state index in [9.17, 15) is 4.79 Å². The van der Waals surface area contributed by atoms with Crippen LogP contribution in [0.5, 0.6) is 0 Å². The van der Waals surface area contributed by atoms with Crippen molar-refractivity contribution in [2.24, 2.45) is 16.8 Å². The van der Waals surface area contributed by atoms with E-state index in [4.69, 9.17) is 5.73 Å². The van der Waals surface area contributed by atoms with Gasteiger partial charge in [0, 0.05) is 25.2 Å². The van der Waals surface area contributed by atoms with Crippen LogP contribution < -0.4 is 11.2 Å². The van der Waals surface area contributed by atoms with Gasteiger partial charge < -0.3 is 16.1 Å². The Morgan fingerprint density at radius 1 is 1.75 bits per heavy atom. The van der Waals surface area contributed by atoms with E-state index >= 15 is 0 Å². The molecule has 2 amide bonds. The second kappa shape index (κ2) is 2.66. The number of carbonyl (C=O) groups is 1. The van der Waals surface area contributed by atoms with Gasteiger partial charge in [0.25, 0.3) is 0 Å². The number of nitrogens with one attached hydrogen (secondary N) is 1. The minimum Gasteiger partial charge on any atom is -0.351 e. The number of rotatable bonds is 0. The lowest BCUT2D eigenvalue weighted by atomic mass is 9.95. The number of nitrogens with zero attached hydrogens (tertiary/aromatic N) is 2. The van der Waals surface area contributed by atoms with Crippen LogP contribution in [0.3, 0.4) is 0 Å². The summed E-state index contributed by atoms with van der Waals surface area (Å²) in [5.41, 5.74) is 8.18. The zero-order chi connectivity index (χ0) is 8.55. The van der Waals surface area contributed by atoms with Gasteiger partial charge in [-0.2, -0.15) is 5.10 Å². The molecule has 2 aliphatic heterocycles. The molecule has 5 nitrogen and oxygen atoms in total. The number of carbonyl (C=O) groups excluding carboxylic acids is 1. The smallest absolute Gasteiger partial charge is 0.314 e. The Balaban J connectivity index is 2.00. The fourth-order valence-corrected chi connectivity index (χ4v) is 1.73. The summed E-state index contributed by atoms with van der Waals surface area (Å²) < 4.78 is 0. The predicted molar refractivity (Wildman–Crippen MR) is 44.7 cm³/mol. The van der Waals surface area contributed by atoms with E-state index < -0.39 is 0 Å². The van der Waals surface area contributed by atoms with E-state index in [0.717, 1.165) is 13.0 Å².